The molecule has 0 atom stereocenters. The van der Waals surface area contributed by atoms with Gasteiger partial charge in [-0.1, -0.05) is 6.07 Å². The van der Waals surface area contributed by atoms with Gasteiger partial charge in [0.2, 0.25) is 0 Å². The maximum Gasteiger partial charge on any atom is 0.272 e. The Hall–Kier alpha value is -2.76. The number of non-ortho nitro benzene ring substituents is 1. The fraction of sp³-hybridized carbons (Fsp3) is 0.143. The van der Waals surface area contributed by atoms with Crippen molar-refractivity contribution in [1.29, 1.82) is 0 Å². The molecule has 0 saturated carbocycles. The Kier molecular flexibility index (Phi) is 4.05. The molecule has 0 aliphatic heterocycles. The van der Waals surface area contributed by atoms with Crippen LogP contribution in [-0.4, -0.2) is 10.7 Å². The van der Waals surface area contributed by atoms with Gasteiger partial charge in [0.15, 0.2) is 5.78 Å². The lowest BCUT2D eigenvalue weighted by Crippen LogP contribution is -2.37. The zero-order valence-electron chi connectivity index (χ0n) is 10.7. The lowest BCUT2D eigenvalue weighted by atomic mass is 10.1. The van der Waals surface area contributed by atoms with E-state index in [1.807, 2.05) is 12.1 Å². The molecule has 0 unspecified atom stereocenters. The van der Waals surface area contributed by atoms with Crippen LogP contribution >= 0.6 is 0 Å². The Morgan fingerprint density at radius 3 is 2.50 bits per heavy atom. The molecule has 0 bridgehead atoms. The van der Waals surface area contributed by atoms with Gasteiger partial charge in [0.25, 0.3) is 11.5 Å². The molecule has 2 rings (SSSR count). The van der Waals surface area contributed by atoms with Crippen LogP contribution in [0.5, 0.6) is 0 Å². The Morgan fingerprint density at radius 1 is 1.20 bits per heavy atom. The zero-order valence-corrected chi connectivity index (χ0v) is 10.7. The largest absolute Gasteiger partial charge is 0.294 e. The number of Topliss-reactive ketones (excluding diaryl/α,β-unsaturated/α-hetero) is 1. The number of hydrogen-bond acceptors (Lipinski definition) is 4. The van der Waals surface area contributed by atoms with Crippen LogP contribution in [0.1, 0.15) is 16.8 Å². The van der Waals surface area contributed by atoms with E-state index in [0.717, 1.165) is 0 Å². The molecule has 1 heterocycles. The standard InChI is InChI=1S/C14H13N3O3/c15-14-3-1-2-9-16(14)10-8-13(18)11-4-6-12(7-5-11)17(19)20/h1-7,9,15H,8,10H2/p+1. The number of rotatable bonds is 5. The van der Waals surface area contributed by atoms with Crippen molar-refractivity contribution in [3.05, 3.63) is 64.3 Å². The number of pyridine rings is 1. The molecule has 0 radical (unpaired) electrons. The number of anilines is 1. The van der Waals surface area contributed by atoms with Crippen LogP contribution in [-0.2, 0) is 6.54 Å². The van der Waals surface area contributed by atoms with E-state index in [1.54, 1.807) is 16.8 Å². The third-order valence-corrected chi connectivity index (χ3v) is 2.96. The number of carbonyl (C=O) groups excluding carboxylic acids is 1. The fourth-order valence-electron chi connectivity index (χ4n) is 1.83. The van der Waals surface area contributed by atoms with Crippen molar-refractivity contribution in [3.8, 4) is 0 Å². The minimum atomic E-state index is -0.491. The highest BCUT2D eigenvalue weighted by Gasteiger charge is 2.11. The second-order valence-electron chi connectivity index (χ2n) is 4.30. The highest BCUT2D eigenvalue weighted by atomic mass is 16.6. The van der Waals surface area contributed by atoms with Crippen molar-refractivity contribution in [1.82, 2.24) is 0 Å². The number of nitro groups is 1. The third kappa shape index (κ3) is 3.17. The Labute approximate surface area is 115 Å². The second-order valence-corrected chi connectivity index (χ2v) is 4.30. The van der Waals surface area contributed by atoms with Crippen molar-refractivity contribution in [2.75, 3.05) is 5.73 Å². The van der Waals surface area contributed by atoms with Gasteiger partial charge >= 0.3 is 0 Å². The van der Waals surface area contributed by atoms with Gasteiger partial charge in [-0.25, -0.2) is 4.57 Å². The average Bonchev–Trinajstić information content (AvgIpc) is 2.46. The molecule has 0 saturated heterocycles. The molecule has 20 heavy (non-hydrogen) atoms. The van der Waals surface area contributed by atoms with Crippen LogP contribution in [0.3, 0.4) is 0 Å². The number of nitrogens with two attached hydrogens (primary N) is 1. The van der Waals surface area contributed by atoms with E-state index in [9.17, 15) is 14.9 Å². The molecule has 1 aromatic heterocycles. The molecule has 0 amide bonds. The molecule has 102 valence electrons. The molecule has 0 aliphatic rings. The average molecular weight is 272 g/mol. The number of benzene rings is 1. The lowest BCUT2D eigenvalue weighted by molar-refractivity contribution is -0.681. The van der Waals surface area contributed by atoms with E-state index in [2.05, 4.69) is 0 Å². The monoisotopic (exact) mass is 272 g/mol. The molecule has 6 nitrogen and oxygen atoms in total. The summed E-state index contributed by atoms with van der Waals surface area (Å²) in [4.78, 5) is 22.0. The first-order valence-corrected chi connectivity index (χ1v) is 6.09. The van der Waals surface area contributed by atoms with Gasteiger partial charge in [0.1, 0.15) is 0 Å². The molecular formula is C14H14N3O3+. The number of ketones is 1. The number of nitrogen functional groups attached to an aromatic ring is 1. The molecule has 2 N–H and O–H groups in total. The van der Waals surface area contributed by atoms with Gasteiger partial charge < -0.3 is 0 Å². The highest BCUT2D eigenvalue weighted by molar-refractivity contribution is 5.96. The van der Waals surface area contributed by atoms with E-state index < -0.39 is 4.92 Å². The van der Waals surface area contributed by atoms with Crippen LogP contribution in [0.15, 0.2) is 48.7 Å². The Balaban J connectivity index is 2.02. The number of nitrogens with zero attached hydrogens (tertiary/aromatic N) is 2. The summed E-state index contributed by atoms with van der Waals surface area (Å²) in [5.74, 6) is 0.514. The summed E-state index contributed by atoms with van der Waals surface area (Å²) in [7, 11) is 0. The van der Waals surface area contributed by atoms with Crippen molar-refractivity contribution in [2.45, 2.75) is 13.0 Å². The topological polar surface area (TPSA) is 90.1 Å². The maximum atomic E-state index is 12.0. The molecule has 1 aromatic carbocycles. The molecule has 6 heteroatoms. The van der Waals surface area contributed by atoms with Crippen LogP contribution in [0.25, 0.3) is 0 Å². The molecule has 0 aliphatic carbocycles. The number of nitro benzene ring substituents is 1. The predicted molar refractivity (Wildman–Crippen MR) is 73.1 cm³/mol. The molecule has 0 fully saturated rings. The smallest absolute Gasteiger partial charge is 0.272 e. The summed E-state index contributed by atoms with van der Waals surface area (Å²) in [6, 6.07) is 11.0. The summed E-state index contributed by atoms with van der Waals surface area (Å²) in [6.07, 6.45) is 2.09. The normalized spacial score (nSPS) is 10.2. The van der Waals surface area contributed by atoms with Gasteiger partial charge in [0, 0.05) is 30.2 Å². The van der Waals surface area contributed by atoms with Crippen LogP contribution < -0.4 is 10.3 Å². The SMILES string of the molecule is Nc1cccc[n+]1CCC(=O)c1ccc([N+](=O)[O-])cc1. The van der Waals surface area contributed by atoms with E-state index in [4.69, 9.17) is 5.73 Å². The molecule has 2 aromatic rings. The van der Waals surface area contributed by atoms with Crippen LogP contribution in [0, 0.1) is 10.1 Å². The lowest BCUT2D eigenvalue weighted by Gasteiger charge is -2.03. The first-order chi connectivity index (χ1) is 9.58. The number of hydrogen-bond donors (Lipinski definition) is 1. The zero-order chi connectivity index (χ0) is 14.5. The Bertz CT molecular complexity index is 638. The number of aromatic nitrogens is 1. The maximum absolute atomic E-state index is 12.0. The van der Waals surface area contributed by atoms with Gasteiger partial charge in [0.05, 0.1) is 17.7 Å². The minimum absolute atomic E-state index is 0.0248. The van der Waals surface area contributed by atoms with Crippen LogP contribution in [0.4, 0.5) is 11.5 Å². The van der Waals surface area contributed by atoms with Crippen molar-refractivity contribution >= 4 is 17.3 Å². The summed E-state index contributed by atoms with van der Waals surface area (Å²) in [6.45, 7) is 0.475. The summed E-state index contributed by atoms with van der Waals surface area (Å²) in [5.41, 5.74) is 6.21. The van der Waals surface area contributed by atoms with Gasteiger partial charge in [-0.3, -0.25) is 20.6 Å². The number of aryl methyl sites for hydroxylation is 1. The summed E-state index contributed by atoms with van der Waals surface area (Å²) >= 11 is 0. The van der Waals surface area contributed by atoms with Gasteiger partial charge in [-0.2, -0.15) is 0 Å². The summed E-state index contributed by atoms with van der Waals surface area (Å²) < 4.78 is 1.78. The Morgan fingerprint density at radius 2 is 1.90 bits per heavy atom. The van der Waals surface area contributed by atoms with E-state index in [1.165, 1.54) is 24.3 Å². The van der Waals surface area contributed by atoms with Crippen LogP contribution in [0.2, 0.25) is 0 Å². The minimum Gasteiger partial charge on any atom is -0.294 e. The first-order valence-electron chi connectivity index (χ1n) is 6.09. The first kappa shape index (κ1) is 13.7. The van der Waals surface area contributed by atoms with E-state index in [0.29, 0.717) is 17.9 Å². The van der Waals surface area contributed by atoms with Gasteiger partial charge in [-0.05, 0) is 18.2 Å². The van der Waals surface area contributed by atoms with E-state index in [-0.39, 0.29) is 17.9 Å². The highest BCUT2D eigenvalue weighted by Crippen LogP contribution is 2.13. The molecular weight excluding hydrogens is 258 g/mol. The quantitative estimate of drug-likeness (QED) is 0.388. The van der Waals surface area contributed by atoms with Crippen molar-refractivity contribution < 1.29 is 14.3 Å². The molecule has 0 spiro atoms. The second kappa shape index (κ2) is 5.92. The number of carbonyl (C=O) groups is 1. The van der Waals surface area contributed by atoms with E-state index >= 15 is 0 Å². The van der Waals surface area contributed by atoms with Crippen molar-refractivity contribution in [3.63, 3.8) is 0 Å². The van der Waals surface area contributed by atoms with Crippen molar-refractivity contribution in [2.24, 2.45) is 0 Å². The fourth-order valence-corrected chi connectivity index (χ4v) is 1.83. The predicted octanol–water partition coefficient (Wildman–Crippen LogP) is 1.74. The summed E-state index contributed by atoms with van der Waals surface area (Å²) in [5, 5.41) is 10.5. The van der Waals surface area contributed by atoms with Gasteiger partial charge in [-0.15, -0.1) is 0 Å². The third-order valence-electron chi connectivity index (χ3n) is 2.96.